The predicted molar refractivity (Wildman–Crippen MR) is 113 cm³/mol. The van der Waals surface area contributed by atoms with E-state index < -0.39 is 5.97 Å². The SMILES string of the molecule is COc1ccccc1OCC(=O)OCc1nc(O[C@@H](C)c2ccccc2)ccc1Cl. The predicted octanol–water partition coefficient (Wildman–Crippen LogP) is 5.01. The van der Waals surface area contributed by atoms with Gasteiger partial charge in [0.05, 0.1) is 12.1 Å². The van der Waals surface area contributed by atoms with Gasteiger partial charge in [0.25, 0.3) is 0 Å². The fourth-order valence-corrected chi connectivity index (χ4v) is 2.83. The topological polar surface area (TPSA) is 66.9 Å². The number of aromatic nitrogens is 1. The number of esters is 1. The van der Waals surface area contributed by atoms with E-state index in [9.17, 15) is 4.79 Å². The van der Waals surface area contributed by atoms with Gasteiger partial charge in [-0.3, -0.25) is 0 Å². The van der Waals surface area contributed by atoms with E-state index in [0.29, 0.717) is 28.1 Å². The van der Waals surface area contributed by atoms with E-state index in [1.165, 1.54) is 7.11 Å². The molecule has 0 amide bonds. The third-order valence-electron chi connectivity index (χ3n) is 4.24. The van der Waals surface area contributed by atoms with Crippen molar-refractivity contribution in [2.45, 2.75) is 19.6 Å². The number of hydrogen-bond donors (Lipinski definition) is 0. The van der Waals surface area contributed by atoms with Crippen molar-refractivity contribution in [3.05, 3.63) is 83.0 Å². The first-order valence-electron chi connectivity index (χ1n) is 9.35. The number of carbonyl (C=O) groups is 1. The molecule has 1 heterocycles. The molecule has 0 radical (unpaired) electrons. The van der Waals surface area contributed by atoms with Crippen molar-refractivity contribution in [3.63, 3.8) is 0 Å². The van der Waals surface area contributed by atoms with E-state index in [4.69, 9.17) is 30.5 Å². The number of rotatable bonds is 9. The van der Waals surface area contributed by atoms with E-state index in [-0.39, 0.29) is 19.3 Å². The Hall–Kier alpha value is -3.25. The summed E-state index contributed by atoms with van der Waals surface area (Å²) < 4.78 is 21.8. The highest BCUT2D eigenvalue weighted by molar-refractivity contribution is 6.31. The fraction of sp³-hybridized carbons (Fsp3) is 0.217. The molecule has 3 rings (SSSR count). The van der Waals surface area contributed by atoms with Crippen molar-refractivity contribution in [2.75, 3.05) is 13.7 Å². The lowest BCUT2D eigenvalue weighted by Crippen LogP contribution is -2.15. The van der Waals surface area contributed by atoms with Crippen LogP contribution in [0.15, 0.2) is 66.7 Å². The number of pyridine rings is 1. The van der Waals surface area contributed by atoms with Crippen LogP contribution in [0.2, 0.25) is 5.02 Å². The quantitative estimate of drug-likeness (QED) is 0.447. The maximum absolute atomic E-state index is 12.1. The summed E-state index contributed by atoms with van der Waals surface area (Å²) in [5.74, 6) is 0.834. The summed E-state index contributed by atoms with van der Waals surface area (Å²) >= 11 is 6.19. The molecule has 0 bridgehead atoms. The summed E-state index contributed by atoms with van der Waals surface area (Å²) in [5.41, 5.74) is 1.43. The highest BCUT2D eigenvalue weighted by atomic mass is 35.5. The van der Waals surface area contributed by atoms with Crippen molar-refractivity contribution in [1.29, 1.82) is 0 Å². The monoisotopic (exact) mass is 427 g/mol. The van der Waals surface area contributed by atoms with Crippen LogP contribution in [-0.4, -0.2) is 24.7 Å². The highest BCUT2D eigenvalue weighted by Crippen LogP contribution is 2.26. The first-order chi connectivity index (χ1) is 14.6. The Morgan fingerprint density at radius 2 is 1.70 bits per heavy atom. The Morgan fingerprint density at radius 1 is 1.00 bits per heavy atom. The van der Waals surface area contributed by atoms with E-state index in [1.54, 1.807) is 30.3 Å². The van der Waals surface area contributed by atoms with Crippen LogP contribution in [0.25, 0.3) is 0 Å². The van der Waals surface area contributed by atoms with Crippen molar-refractivity contribution >= 4 is 17.6 Å². The Kier molecular flexibility index (Phi) is 7.51. The number of para-hydroxylation sites is 2. The Balaban J connectivity index is 1.55. The van der Waals surface area contributed by atoms with E-state index in [2.05, 4.69) is 4.98 Å². The van der Waals surface area contributed by atoms with Gasteiger partial charge < -0.3 is 18.9 Å². The van der Waals surface area contributed by atoms with Crippen LogP contribution in [0.1, 0.15) is 24.3 Å². The molecule has 2 aromatic carbocycles. The number of benzene rings is 2. The fourth-order valence-electron chi connectivity index (χ4n) is 2.67. The Bertz CT molecular complexity index is 980. The summed E-state index contributed by atoms with van der Waals surface area (Å²) in [6.45, 7) is 1.57. The van der Waals surface area contributed by atoms with Crippen LogP contribution in [0.5, 0.6) is 17.4 Å². The third-order valence-corrected chi connectivity index (χ3v) is 4.59. The minimum absolute atomic E-state index is 0.0934. The number of carbonyl (C=O) groups excluding carboxylic acids is 1. The first-order valence-corrected chi connectivity index (χ1v) is 9.73. The van der Waals surface area contributed by atoms with Gasteiger partial charge in [-0.2, -0.15) is 0 Å². The van der Waals surface area contributed by atoms with Crippen molar-refractivity contribution in [1.82, 2.24) is 4.98 Å². The lowest BCUT2D eigenvalue weighted by molar-refractivity contribution is -0.147. The summed E-state index contributed by atoms with van der Waals surface area (Å²) in [6.07, 6.45) is -0.190. The van der Waals surface area contributed by atoms with Crippen LogP contribution >= 0.6 is 11.6 Å². The molecule has 0 spiro atoms. The molecular formula is C23H22ClNO5. The minimum Gasteiger partial charge on any atom is -0.493 e. The van der Waals surface area contributed by atoms with Gasteiger partial charge in [0, 0.05) is 6.07 Å². The standard InChI is InChI=1S/C23H22ClNO5/c1-16(17-8-4-3-5-9-17)30-22-13-12-18(24)19(25-22)14-29-23(26)15-28-21-11-7-6-10-20(21)27-2/h3-13,16H,14-15H2,1-2H3/t16-/m0/s1. The summed E-state index contributed by atoms with van der Waals surface area (Å²) in [7, 11) is 1.53. The molecule has 0 unspecified atom stereocenters. The molecule has 7 heteroatoms. The van der Waals surface area contributed by atoms with Gasteiger partial charge in [0.2, 0.25) is 5.88 Å². The molecule has 1 atom stereocenters. The van der Waals surface area contributed by atoms with E-state index in [1.807, 2.05) is 43.3 Å². The molecule has 0 aliphatic carbocycles. The van der Waals surface area contributed by atoms with Crippen molar-refractivity contribution in [2.24, 2.45) is 0 Å². The average molecular weight is 428 g/mol. The van der Waals surface area contributed by atoms with Gasteiger partial charge in [-0.25, -0.2) is 9.78 Å². The molecule has 1 aromatic heterocycles. The van der Waals surface area contributed by atoms with Gasteiger partial charge in [-0.05, 0) is 30.7 Å². The highest BCUT2D eigenvalue weighted by Gasteiger charge is 2.13. The number of halogens is 1. The summed E-state index contributed by atoms with van der Waals surface area (Å²) in [6, 6.07) is 20.2. The summed E-state index contributed by atoms with van der Waals surface area (Å²) in [5, 5.41) is 0.383. The zero-order valence-corrected chi connectivity index (χ0v) is 17.5. The van der Waals surface area contributed by atoms with Crippen molar-refractivity contribution in [3.8, 4) is 17.4 Å². The van der Waals surface area contributed by atoms with Crippen LogP contribution in [0, 0.1) is 0 Å². The zero-order chi connectivity index (χ0) is 21.3. The lowest BCUT2D eigenvalue weighted by atomic mass is 10.1. The van der Waals surface area contributed by atoms with Gasteiger partial charge in [-0.1, -0.05) is 54.1 Å². The molecular weight excluding hydrogens is 406 g/mol. The maximum atomic E-state index is 12.1. The zero-order valence-electron chi connectivity index (χ0n) is 16.7. The van der Waals surface area contributed by atoms with Crippen LogP contribution in [0.4, 0.5) is 0 Å². The van der Waals surface area contributed by atoms with Crippen LogP contribution in [-0.2, 0) is 16.1 Å². The maximum Gasteiger partial charge on any atom is 0.344 e. The number of hydrogen-bond acceptors (Lipinski definition) is 6. The Morgan fingerprint density at radius 3 is 2.43 bits per heavy atom. The lowest BCUT2D eigenvalue weighted by Gasteiger charge is -2.15. The molecule has 3 aromatic rings. The molecule has 0 aliphatic heterocycles. The van der Waals surface area contributed by atoms with Gasteiger partial charge in [0.1, 0.15) is 18.4 Å². The minimum atomic E-state index is -0.553. The van der Waals surface area contributed by atoms with Gasteiger partial charge >= 0.3 is 5.97 Å². The van der Waals surface area contributed by atoms with E-state index >= 15 is 0 Å². The number of nitrogens with zero attached hydrogens (tertiary/aromatic N) is 1. The first kappa shape index (κ1) is 21.5. The molecule has 0 saturated heterocycles. The summed E-state index contributed by atoms with van der Waals surface area (Å²) in [4.78, 5) is 16.4. The second kappa shape index (κ2) is 10.5. The number of ether oxygens (including phenoxy) is 4. The molecule has 0 aliphatic rings. The van der Waals surface area contributed by atoms with Gasteiger partial charge in [0.15, 0.2) is 18.1 Å². The Labute approximate surface area is 180 Å². The van der Waals surface area contributed by atoms with Gasteiger partial charge in [-0.15, -0.1) is 0 Å². The molecule has 30 heavy (non-hydrogen) atoms. The molecule has 6 nitrogen and oxygen atoms in total. The molecule has 0 fully saturated rings. The molecule has 156 valence electrons. The normalized spacial score (nSPS) is 11.4. The second-order valence-corrected chi connectivity index (χ2v) is 6.76. The van der Waals surface area contributed by atoms with Crippen LogP contribution in [0.3, 0.4) is 0 Å². The number of methoxy groups -OCH3 is 1. The van der Waals surface area contributed by atoms with Crippen LogP contribution < -0.4 is 14.2 Å². The smallest absolute Gasteiger partial charge is 0.344 e. The molecule has 0 N–H and O–H groups in total. The van der Waals surface area contributed by atoms with Crippen molar-refractivity contribution < 1.29 is 23.7 Å². The largest absolute Gasteiger partial charge is 0.493 e. The average Bonchev–Trinajstić information content (AvgIpc) is 2.78. The van der Waals surface area contributed by atoms with E-state index in [0.717, 1.165) is 5.56 Å². The molecule has 0 saturated carbocycles. The second-order valence-electron chi connectivity index (χ2n) is 6.35. The third kappa shape index (κ3) is 5.87.